The molecule has 1 N–H and O–H groups in total. The van der Waals surface area contributed by atoms with Crippen molar-refractivity contribution < 1.29 is 19.1 Å². The summed E-state index contributed by atoms with van der Waals surface area (Å²) in [7, 11) is -1.82. The van der Waals surface area contributed by atoms with Gasteiger partial charge >= 0.3 is 5.97 Å². The molecule has 0 amide bonds. The molecule has 1 rings (SSSR count). The molecular formula is C16H26O4Si. The molecule has 1 aromatic rings. The van der Waals surface area contributed by atoms with Crippen LogP contribution in [-0.4, -0.2) is 32.1 Å². The van der Waals surface area contributed by atoms with Crippen LogP contribution in [0.5, 0.6) is 5.75 Å². The summed E-state index contributed by atoms with van der Waals surface area (Å²) in [5.41, 5.74) is 0.177. The van der Waals surface area contributed by atoms with Gasteiger partial charge in [-0.2, -0.15) is 0 Å². The summed E-state index contributed by atoms with van der Waals surface area (Å²) < 4.78 is 11.8. The summed E-state index contributed by atoms with van der Waals surface area (Å²) in [5, 5.41) is 9.28. The van der Waals surface area contributed by atoms with E-state index in [0.717, 1.165) is 0 Å². The lowest BCUT2D eigenvalue weighted by Crippen LogP contribution is -2.43. The Balaban J connectivity index is 2.67. The fourth-order valence-electron chi connectivity index (χ4n) is 1.54. The third-order valence-corrected chi connectivity index (χ3v) is 8.43. The van der Waals surface area contributed by atoms with Crippen molar-refractivity contribution in [1.29, 1.82) is 0 Å². The second-order valence-corrected chi connectivity index (χ2v) is 11.6. The first-order valence-electron chi connectivity index (χ1n) is 7.17. The molecule has 21 heavy (non-hydrogen) atoms. The number of carbonyl (C=O) groups is 1. The van der Waals surface area contributed by atoms with E-state index in [1.165, 1.54) is 0 Å². The van der Waals surface area contributed by atoms with E-state index in [1.807, 2.05) is 6.92 Å². The molecule has 1 atom stereocenters. The molecule has 4 nitrogen and oxygen atoms in total. The molecule has 0 aliphatic carbocycles. The highest BCUT2D eigenvalue weighted by atomic mass is 28.4. The predicted octanol–water partition coefficient (Wildman–Crippen LogP) is 4.17. The minimum absolute atomic E-state index is 0.145. The van der Waals surface area contributed by atoms with Crippen LogP contribution in [0.2, 0.25) is 18.1 Å². The minimum Gasteiger partial charge on any atom is -0.487 e. The van der Waals surface area contributed by atoms with Crippen LogP contribution in [-0.2, 0) is 4.43 Å². The zero-order valence-electron chi connectivity index (χ0n) is 13.8. The maximum Gasteiger partial charge on any atom is 0.339 e. The van der Waals surface area contributed by atoms with Gasteiger partial charge in [0, 0.05) is 0 Å². The zero-order chi connectivity index (χ0) is 16.3. The van der Waals surface area contributed by atoms with Gasteiger partial charge in [0.2, 0.25) is 0 Å². The molecule has 0 fully saturated rings. The Morgan fingerprint density at radius 3 is 2.38 bits per heavy atom. The molecule has 0 aliphatic rings. The van der Waals surface area contributed by atoms with Crippen LogP contribution in [0.3, 0.4) is 0 Å². The van der Waals surface area contributed by atoms with Gasteiger partial charge in [-0.15, -0.1) is 0 Å². The molecule has 5 heteroatoms. The lowest BCUT2D eigenvalue weighted by atomic mass is 10.2. The maximum atomic E-state index is 11.1. The SMILES string of the molecule is CC(CO[Si](C)(C)C(C)(C)C)Oc1ccccc1C(=O)O. The fraction of sp³-hybridized carbons (Fsp3) is 0.562. The predicted molar refractivity (Wildman–Crippen MR) is 86.6 cm³/mol. The first-order chi connectivity index (χ1) is 9.54. The number of ether oxygens (including phenoxy) is 1. The molecule has 0 radical (unpaired) electrons. The normalized spacial score (nSPS) is 13.8. The molecule has 0 saturated carbocycles. The molecule has 0 heterocycles. The van der Waals surface area contributed by atoms with Gasteiger partial charge in [0.25, 0.3) is 0 Å². The van der Waals surface area contributed by atoms with Crippen molar-refractivity contribution in [3.05, 3.63) is 29.8 Å². The van der Waals surface area contributed by atoms with Crippen molar-refractivity contribution in [2.24, 2.45) is 0 Å². The Labute approximate surface area is 128 Å². The first kappa shape index (κ1) is 17.7. The van der Waals surface area contributed by atoms with Crippen molar-refractivity contribution in [2.75, 3.05) is 6.61 Å². The van der Waals surface area contributed by atoms with E-state index < -0.39 is 14.3 Å². The first-order valence-corrected chi connectivity index (χ1v) is 10.1. The molecule has 1 aromatic carbocycles. The van der Waals surface area contributed by atoms with Crippen molar-refractivity contribution >= 4 is 14.3 Å². The number of rotatable bonds is 6. The Hall–Kier alpha value is -1.33. The molecule has 0 aromatic heterocycles. The van der Waals surface area contributed by atoms with E-state index in [-0.39, 0.29) is 16.7 Å². The average Bonchev–Trinajstić information content (AvgIpc) is 2.35. The number of para-hydroxylation sites is 1. The summed E-state index contributed by atoms with van der Waals surface area (Å²) in [6.07, 6.45) is -0.195. The van der Waals surface area contributed by atoms with Crippen LogP contribution in [0.1, 0.15) is 38.1 Å². The molecule has 1 unspecified atom stereocenters. The van der Waals surface area contributed by atoms with E-state index in [1.54, 1.807) is 24.3 Å². The Morgan fingerprint density at radius 2 is 1.86 bits per heavy atom. The van der Waals surface area contributed by atoms with Gasteiger partial charge in [-0.25, -0.2) is 4.79 Å². The highest BCUT2D eigenvalue weighted by Gasteiger charge is 2.37. The fourth-order valence-corrected chi connectivity index (χ4v) is 2.62. The van der Waals surface area contributed by atoms with Crippen LogP contribution in [0.4, 0.5) is 0 Å². The van der Waals surface area contributed by atoms with Gasteiger partial charge in [0.1, 0.15) is 17.4 Å². The standard InChI is InChI=1S/C16H26O4Si/c1-12(11-19-21(5,6)16(2,3)4)20-14-10-8-7-9-13(14)15(17)18/h7-10,12H,11H2,1-6H3,(H,17,18). The smallest absolute Gasteiger partial charge is 0.339 e. The molecule has 0 bridgehead atoms. The van der Waals surface area contributed by atoms with Gasteiger partial charge in [-0.1, -0.05) is 32.9 Å². The van der Waals surface area contributed by atoms with Gasteiger partial charge in [-0.3, -0.25) is 0 Å². The summed E-state index contributed by atoms with van der Waals surface area (Å²) in [6.45, 7) is 13.3. The van der Waals surface area contributed by atoms with E-state index in [9.17, 15) is 4.79 Å². The summed E-state index contributed by atoms with van der Waals surface area (Å²) in [5.74, 6) is -0.598. The highest BCUT2D eigenvalue weighted by Crippen LogP contribution is 2.36. The minimum atomic E-state index is -1.82. The third-order valence-electron chi connectivity index (χ3n) is 3.93. The van der Waals surface area contributed by atoms with Gasteiger partial charge in [0.05, 0.1) is 6.61 Å². The summed E-state index contributed by atoms with van der Waals surface area (Å²) in [6, 6.07) is 6.67. The second-order valence-electron chi connectivity index (χ2n) is 6.80. The number of aromatic carboxylic acids is 1. The molecule has 118 valence electrons. The number of carboxylic acids is 1. The van der Waals surface area contributed by atoms with Gasteiger partial charge < -0.3 is 14.3 Å². The van der Waals surface area contributed by atoms with Crippen molar-refractivity contribution in [3.8, 4) is 5.75 Å². The van der Waals surface area contributed by atoms with Crippen LogP contribution in [0.15, 0.2) is 24.3 Å². The topological polar surface area (TPSA) is 55.8 Å². The largest absolute Gasteiger partial charge is 0.487 e. The Kier molecular flexibility index (Phi) is 5.59. The Morgan fingerprint density at radius 1 is 1.29 bits per heavy atom. The van der Waals surface area contributed by atoms with Gasteiger partial charge in [0.15, 0.2) is 8.32 Å². The average molecular weight is 310 g/mol. The van der Waals surface area contributed by atoms with Crippen molar-refractivity contribution in [2.45, 2.75) is 51.9 Å². The van der Waals surface area contributed by atoms with Crippen LogP contribution < -0.4 is 4.74 Å². The van der Waals surface area contributed by atoms with Crippen LogP contribution in [0.25, 0.3) is 0 Å². The van der Waals surface area contributed by atoms with Crippen LogP contribution >= 0.6 is 0 Å². The zero-order valence-corrected chi connectivity index (χ0v) is 14.8. The Bertz CT molecular complexity index is 491. The molecule has 0 saturated heterocycles. The lowest BCUT2D eigenvalue weighted by Gasteiger charge is -2.36. The van der Waals surface area contributed by atoms with Gasteiger partial charge in [-0.05, 0) is 37.2 Å². The van der Waals surface area contributed by atoms with Crippen molar-refractivity contribution in [3.63, 3.8) is 0 Å². The van der Waals surface area contributed by atoms with Crippen molar-refractivity contribution in [1.82, 2.24) is 0 Å². The number of benzene rings is 1. The maximum absolute atomic E-state index is 11.1. The van der Waals surface area contributed by atoms with E-state index >= 15 is 0 Å². The summed E-state index contributed by atoms with van der Waals surface area (Å²) in [4.78, 5) is 11.1. The van der Waals surface area contributed by atoms with E-state index in [4.69, 9.17) is 14.3 Å². The number of hydrogen-bond acceptors (Lipinski definition) is 3. The quantitative estimate of drug-likeness (QED) is 0.801. The monoisotopic (exact) mass is 310 g/mol. The van der Waals surface area contributed by atoms with Crippen LogP contribution in [0, 0.1) is 0 Å². The third kappa shape index (κ3) is 4.86. The highest BCUT2D eigenvalue weighted by molar-refractivity contribution is 6.74. The second kappa shape index (κ2) is 6.62. The lowest BCUT2D eigenvalue weighted by molar-refractivity contribution is 0.0685. The number of carboxylic acid groups (broad SMARTS) is 1. The summed E-state index contributed by atoms with van der Waals surface area (Å²) >= 11 is 0. The molecule has 0 aliphatic heterocycles. The molecular weight excluding hydrogens is 284 g/mol. The van der Waals surface area contributed by atoms with E-state index in [0.29, 0.717) is 12.4 Å². The van der Waals surface area contributed by atoms with E-state index in [2.05, 4.69) is 33.9 Å². The number of hydrogen-bond donors (Lipinski definition) is 1. The molecule has 0 spiro atoms.